The van der Waals surface area contributed by atoms with Gasteiger partial charge < -0.3 is 14.8 Å². The van der Waals surface area contributed by atoms with Crippen LogP contribution in [-0.2, 0) is 17.6 Å². The van der Waals surface area contributed by atoms with Crippen LogP contribution < -0.4 is 14.8 Å². The van der Waals surface area contributed by atoms with E-state index in [1.807, 2.05) is 55.5 Å². The van der Waals surface area contributed by atoms with Crippen molar-refractivity contribution in [1.29, 1.82) is 0 Å². The van der Waals surface area contributed by atoms with Crippen molar-refractivity contribution in [1.82, 2.24) is 10.3 Å². The Bertz CT molecular complexity index is 935. The van der Waals surface area contributed by atoms with E-state index < -0.39 is 0 Å². The zero-order valence-corrected chi connectivity index (χ0v) is 17.1. The SMILES string of the molecule is COc1ccc(-c2nc(C)c(CC(=O)NCCc3ccccc3OC)s2)cc1. The molecule has 0 fully saturated rings. The summed E-state index contributed by atoms with van der Waals surface area (Å²) in [6, 6.07) is 15.6. The molecule has 0 aliphatic heterocycles. The predicted molar refractivity (Wildman–Crippen MR) is 112 cm³/mol. The molecule has 0 unspecified atom stereocenters. The van der Waals surface area contributed by atoms with E-state index in [0.717, 1.165) is 44.6 Å². The number of nitrogens with one attached hydrogen (secondary N) is 1. The quantitative estimate of drug-likeness (QED) is 0.624. The summed E-state index contributed by atoms with van der Waals surface area (Å²) in [6.45, 7) is 2.52. The molecule has 0 bridgehead atoms. The largest absolute Gasteiger partial charge is 0.497 e. The Labute approximate surface area is 169 Å². The third-order valence-corrected chi connectivity index (χ3v) is 5.67. The molecule has 3 rings (SSSR count). The van der Waals surface area contributed by atoms with Crippen LogP contribution in [0.1, 0.15) is 16.1 Å². The first-order valence-corrected chi connectivity index (χ1v) is 9.91. The number of ether oxygens (including phenoxy) is 2. The van der Waals surface area contributed by atoms with E-state index in [-0.39, 0.29) is 5.91 Å². The highest BCUT2D eigenvalue weighted by Gasteiger charge is 2.13. The van der Waals surface area contributed by atoms with Crippen molar-refractivity contribution in [3.8, 4) is 22.1 Å². The smallest absolute Gasteiger partial charge is 0.225 e. The van der Waals surface area contributed by atoms with Crippen molar-refractivity contribution < 1.29 is 14.3 Å². The number of nitrogens with zero attached hydrogens (tertiary/aromatic N) is 1. The predicted octanol–water partition coefficient (Wildman–Crippen LogP) is 4.04. The zero-order chi connectivity index (χ0) is 19.9. The topological polar surface area (TPSA) is 60.5 Å². The molecule has 0 aliphatic rings. The van der Waals surface area contributed by atoms with Gasteiger partial charge in [0.05, 0.1) is 26.3 Å². The van der Waals surface area contributed by atoms with Crippen LogP contribution in [0.4, 0.5) is 0 Å². The second-order valence-corrected chi connectivity index (χ2v) is 7.43. The Morgan fingerprint density at radius 3 is 2.54 bits per heavy atom. The number of methoxy groups -OCH3 is 2. The summed E-state index contributed by atoms with van der Waals surface area (Å²) in [6.07, 6.45) is 1.07. The average Bonchev–Trinajstić information content (AvgIpc) is 3.08. The number of amides is 1. The van der Waals surface area contributed by atoms with E-state index in [4.69, 9.17) is 9.47 Å². The van der Waals surface area contributed by atoms with E-state index in [1.165, 1.54) is 0 Å². The van der Waals surface area contributed by atoms with Crippen LogP contribution >= 0.6 is 11.3 Å². The van der Waals surface area contributed by atoms with Crippen LogP contribution in [0, 0.1) is 6.92 Å². The molecule has 3 aromatic rings. The third-order valence-electron chi connectivity index (χ3n) is 4.46. The number of thiazole rings is 1. The number of para-hydroxylation sites is 1. The summed E-state index contributed by atoms with van der Waals surface area (Å²) in [4.78, 5) is 18.0. The van der Waals surface area contributed by atoms with Crippen molar-refractivity contribution >= 4 is 17.2 Å². The molecule has 1 heterocycles. The van der Waals surface area contributed by atoms with E-state index >= 15 is 0 Å². The van der Waals surface area contributed by atoms with Gasteiger partial charge >= 0.3 is 0 Å². The molecule has 1 amide bonds. The van der Waals surface area contributed by atoms with Crippen molar-refractivity contribution in [2.45, 2.75) is 19.8 Å². The molecule has 0 atom stereocenters. The van der Waals surface area contributed by atoms with Gasteiger partial charge in [-0.15, -0.1) is 11.3 Å². The molecule has 146 valence electrons. The monoisotopic (exact) mass is 396 g/mol. The van der Waals surface area contributed by atoms with Gasteiger partial charge in [0.2, 0.25) is 5.91 Å². The lowest BCUT2D eigenvalue weighted by Gasteiger charge is -2.09. The first-order chi connectivity index (χ1) is 13.6. The Morgan fingerprint density at radius 1 is 1.07 bits per heavy atom. The summed E-state index contributed by atoms with van der Waals surface area (Å²) < 4.78 is 10.5. The number of aryl methyl sites for hydroxylation is 1. The first-order valence-electron chi connectivity index (χ1n) is 9.10. The van der Waals surface area contributed by atoms with Gasteiger partial charge in [-0.25, -0.2) is 4.98 Å². The van der Waals surface area contributed by atoms with E-state index in [9.17, 15) is 4.79 Å². The Kier molecular flexibility index (Phi) is 6.66. The fraction of sp³-hybridized carbons (Fsp3) is 0.273. The summed E-state index contributed by atoms with van der Waals surface area (Å²) in [5.41, 5.74) is 3.01. The number of carbonyl (C=O) groups is 1. The van der Waals surface area contributed by atoms with Crippen LogP contribution in [0.3, 0.4) is 0 Å². The summed E-state index contributed by atoms with van der Waals surface area (Å²) in [5, 5.41) is 3.90. The molecule has 5 nitrogen and oxygen atoms in total. The number of hydrogen-bond donors (Lipinski definition) is 1. The molecule has 1 aromatic heterocycles. The average molecular weight is 397 g/mol. The Balaban J connectivity index is 1.57. The Hall–Kier alpha value is -2.86. The molecule has 2 aromatic carbocycles. The molecular weight excluding hydrogens is 372 g/mol. The van der Waals surface area contributed by atoms with E-state index in [2.05, 4.69) is 10.3 Å². The number of rotatable bonds is 8. The lowest BCUT2D eigenvalue weighted by molar-refractivity contribution is -0.120. The van der Waals surface area contributed by atoms with Crippen molar-refractivity contribution in [2.75, 3.05) is 20.8 Å². The van der Waals surface area contributed by atoms with Crippen LogP contribution in [0.2, 0.25) is 0 Å². The van der Waals surface area contributed by atoms with Crippen LogP contribution in [0.5, 0.6) is 11.5 Å². The Morgan fingerprint density at radius 2 is 1.82 bits per heavy atom. The number of benzene rings is 2. The van der Waals surface area contributed by atoms with Crippen LogP contribution in [0.15, 0.2) is 48.5 Å². The van der Waals surface area contributed by atoms with Gasteiger partial charge in [-0.05, 0) is 49.2 Å². The maximum Gasteiger partial charge on any atom is 0.225 e. The van der Waals surface area contributed by atoms with E-state index in [0.29, 0.717) is 13.0 Å². The van der Waals surface area contributed by atoms with Gasteiger partial charge in [-0.3, -0.25) is 4.79 Å². The summed E-state index contributed by atoms with van der Waals surface area (Å²) >= 11 is 1.56. The maximum absolute atomic E-state index is 12.4. The lowest BCUT2D eigenvalue weighted by Crippen LogP contribution is -2.27. The standard InChI is InChI=1S/C22H24N2O3S/c1-15-20(28-22(24-15)17-8-10-18(26-2)11-9-17)14-21(25)23-13-12-16-6-4-5-7-19(16)27-3/h4-11H,12-14H2,1-3H3,(H,23,25). The van der Waals surface area contributed by atoms with Gasteiger partial charge in [-0.1, -0.05) is 18.2 Å². The van der Waals surface area contributed by atoms with Crippen molar-refractivity contribution in [3.63, 3.8) is 0 Å². The molecule has 6 heteroatoms. The van der Waals surface area contributed by atoms with Gasteiger partial charge in [0.1, 0.15) is 16.5 Å². The number of hydrogen-bond acceptors (Lipinski definition) is 5. The summed E-state index contributed by atoms with van der Waals surface area (Å²) in [7, 11) is 3.30. The first kappa shape index (κ1) is 19.9. The molecule has 0 radical (unpaired) electrons. The van der Waals surface area contributed by atoms with Gasteiger partial charge in [-0.2, -0.15) is 0 Å². The third kappa shape index (κ3) is 4.89. The normalized spacial score (nSPS) is 10.5. The molecule has 1 N–H and O–H groups in total. The molecule has 0 saturated heterocycles. The van der Waals surface area contributed by atoms with Crippen molar-refractivity contribution in [3.05, 3.63) is 64.7 Å². The molecule has 0 saturated carbocycles. The number of aromatic nitrogens is 1. The molecular formula is C22H24N2O3S. The van der Waals surface area contributed by atoms with E-state index in [1.54, 1.807) is 25.6 Å². The van der Waals surface area contributed by atoms with Crippen molar-refractivity contribution in [2.24, 2.45) is 0 Å². The van der Waals surface area contributed by atoms with Gasteiger partial charge in [0.25, 0.3) is 0 Å². The molecule has 0 aliphatic carbocycles. The zero-order valence-electron chi connectivity index (χ0n) is 16.3. The van der Waals surface area contributed by atoms with Gasteiger partial charge in [0.15, 0.2) is 0 Å². The fourth-order valence-corrected chi connectivity index (χ4v) is 3.97. The number of carbonyl (C=O) groups excluding carboxylic acids is 1. The lowest BCUT2D eigenvalue weighted by atomic mass is 10.1. The second-order valence-electron chi connectivity index (χ2n) is 6.34. The second kappa shape index (κ2) is 9.37. The minimum Gasteiger partial charge on any atom is -0.497 e. The minimum atomic E-state index is 0.00271. The van der Waals surface area contributed by atoms with Crippen LogP contribution in [0.25, 0.3) is 10.6 Å². The molecule has 28 heavy (non-hydrogen) atoms. The fourth-order valence-electron chi connectivity index (χ4n) is 2.90. The highest BCUT2D eigenvalue weighted by atomic mass is 32.1. The minimum absolute atomic E-state index is 0.00271. The molecule has 0 spiro atoms. The van der Waals surface area contributed by atoms with Gasteiger partial charge in [0, 0.05) is 17.0 Å². The highest BCUT2D eigenvalue weighted by Crippen LogP contribution is 2.29. The van der Waals surface area contributed by atoms with Crippen LogP contribution in [-0.4, -0.2) is 31.7 Å². The highest BCUT2D eigenvalue weighted by molar-refractivity contribution is 7.15. The maximum atomic E-state index is 12.4. The summed E-state index contributed by atoms with van der Waals surface area (Å²) in [5.74, 6) is 1.66.